The summed E-state index contributed by atoms with van der Waals surface area (Å²) in [6.45, 7) is 0. The fraction of sp³-hybridized carbons (Fsp3) is 0. The first-order chi connectivity index (χ1) is 9.54. The normalized spacial score (nSPS) is 15.3. The third kappa shape index (κ3) is 2.30. The van der Waals surface area contributed by atoms with Gasteiger partial charge in [0.15, 0.2) is 0 Å². The first-order valence-electron chi connectivity index (χ1n) is 5.82. The molecule has 2 aromatic rings. The zero-order valence-electron chi connectivity index (χ0n) is 10.1. The highest BCUT2D eigenvalue weighted by atomic mass is 35.5. The average Bonchev–Trinajstić information content (AvgIpc) is 2.69. The quantitative estimate of drug-likeness (QED) is 0.765. The van der Waals surface area contributed by atoms with Crippen LogP contribution in [0.25, 0.3) is 11.6 Å². The molecule has 2 nitrogen and oxygen atoms in total. The van der Waals surface area contributed by atoms with Gasteiger partial charge < -0.3 is 5.32 Å². The number of carbonyl (C=O) groups excluding carboxylic acids is 1. The molecule has 1 N–H and O–H groups in total. The van der Waals surface area contributed by atoms with Crippen LogP contribution in [0, 0.1) is 5.82 Å². The van der Waals surface area contributed by atoms with E-state index in [4.69, 9.17) is 23.2 Å². The van der Waals surface area contributed by atoms with Gasteiger partial charge >= 0.3 is 0 Å². The fourth-order valence-corrected chi connectivity index (χ4v) is 2.54. The van der Waals surface area contributed by atoms with E-state index in [1.165, 1.54) is 18.2 Å². The number of anilines is 1. The maximum atomic E-state index is 13.3. The number of hydrogen-bond acceptors (Lipinski definition) is 1. The van der Waals surface area contributed by atoms with Gasteiger partial charge in [-0.1, -0.05) is 29.3 Å². The summed E-state index contributed by atoms with van der Waals surface area (Å²) in [5.74, 6) is -0.676. The number of hydrogen-bond donors (Lipinski definition) is 1. The lowest BCUT2D eigenvalue weighted by Crippen LogP contribution is -2.03. The summed E-state index contributed by atoms with van der Waals surface area (Å²) in [6, 6.07) is 9.14. The summed E-state index contributed by atoms with van der Waals surface area (Å²) in [5, 5.41) is 3.63. The molecule has 0 bridgehead atoms. The Morgan fingerprint density at radius 2 is 1.90 bits per heavy atom. The van der Waals surface area contributed by atoms with Crippen molar-refractivity contribution in [3.63, 3.8) is 0 Å². The molecule has 2 aromatic carbocycles. The van der Waals surface area contributed by atoms with E-state index in [1.807, 2.05) is 0 Å². The van der Waals surface area contributed by atoms with Gasteiger partial charge in [0.2, 0.25) is 0 Å². The van der Waals surface area contributed by atoms with Crippen LogP contribution in [0.15, 0.2) is 36.4 Å². The molecule has 0 saturated heterocycles. The van der Waals surface area contributed by atoms with E-state index in [0.717, 1.165) is 0 Å². The van der Waals surface area contributed by atoms with Crippen molar-refractivity contribution in [3.05, 3.63) is 63.4 Å². The van der Waals surface area contributed by atoms with Gasteiger partial charge in [-0.2, -0.15) is 0 Å². The average molecular weight is 308 g/mol. The van der Waals surface area contributed by atoms with Gasteiger partial charge in [-0.25, -0.2) is 4.39 Å². The van der Waals surface area contributed by atoms with Crippen molar-refractivity contribution in [1.29, 1.82) is 0 Å². The Bertz CT molecular complexity index is 756. The maximum absolute atomic E-state index is 13.3. The van der Waals surface area contributed by atoms with Gasteiger partial charge in [0, 0.05) is 26.9 Å². The molecule has 1 aliphatic heterocycles. The van der Waals surface area contributed by atoms with Gasteiger partial charge in [-0.3, -0.25) is 4.79 Å². The summed E-state index contributed by atoms with van der Waals surface area (Å²) >= 11 is 11.9. The Hall–Kier alpha value is -1.84. The first-order valence-corrected chi connectivity index (χ1v) is 6.58. The lowest BCUT2D eigenvalue weighted by molar-refractivity contribution is -0.110. The van der Waals surface area contributed by atoms with Crippen molar-refractivity contribution >= 4 is 46.4 Å². The highest BCUT2D eigenvalue weighted by Gasteiger charge is 2.24. The number of carbonyl (C=O) groups is 1. The first kappa shape index (κ1) is 13.2. The van der Waals surface area contributed by atoms with E-state index in [-0.39, 0.29) is 5.91 Å². The van der Waals surface area contributed by atoms with Crippen LogP contribution >= 0.6 is 23.2 Å². The largest absolute Gasteiger partial charge is 0.321 e. The van der Waals surface area contributed by atoms with Crippen LogP contribution in [0.5, 0.6) is 0 Å². The Balaban J connectivity index is 2.13. The van der Waals surface area contributed by atoms with Crippen LogP contribution in [-0.4, -0.2) is 5.91 Å². The Morgan fingerprint density at radius 1 is 1.10 bits per heavy atom. The van der Waals surface area contributed by atoms with Crippen molar-refractivity contribution in [2.24, 2.45) is 0 Å². The number of halogens is 3. The third-order valence-electron chi connectivity index (χ3n) is 3.03. The molecule has 0 saturated carbocycles. The summed E-state index contributed by atoms with van der Waals surface area (Å²) < 4.78 is 13.3. The summed E-state index contributed by atoms with van der Waals surface area (Å²) in [5.41, 5.74) is 2.15. The molecule has 1 heterocycles. The van der Waals surface area contributed by atoms with Crippen LogP contribution in [0.4, 0.5) is 10.1 Å². The summed E-state index contributed by atoms with van der Waals surface area (Å²) in [4.78, 5) is 12.0. The standard InChI is InChI=1S/C15H8Cl2FNO/c16-9-2-1-8(13(17)6-9)5-12-11-7-10(18)3-4-14(11)19-15(12)20/h1-7H,(H,19,20). The summed E-state index contributed by atoms with van der Waals surface area (Å²) in [7, 11) is 0. The predicted molar refractivity (Wildman–Crippen MR) is 79.4 cm³/mol. The molecule has 0 atom stereocenters. The lowest BCUT2D eigenvalue weighted by atomic mass is 10.0. The molecule has 1 aliphatic rings. The molecule has 5 heteroatoms. The van der Waals surface area contributed by atoms with E-state index in [0.29, 0.717) is 32.4 Å². The van der Waals surface area contributed by atoms with Crippen LogP contribution in [0.3, 0.4) is 0 Å². The minimum Gasteiger partial charge on any atom is -0.321 e. The van der Waals surface area contributed by atoms with E-state index in [1.54, 1.807) is 24.3 Å². The van der Waals surface area contributed by atoms with Crippen LogP contribution in [0.1, 0.15) is 11.1 Å². The molecule has 0 fully saturated rings. The highest BCUT2D eigenvalue weighted by molar-refractivity contribution is 6.38. The number of rotatable bonds is 1. The zero-order valence-corrected chi connectivity index (χ0v) is 11.6. The van der Waals surface area contributed by atoms with Crippen molar-refractivity contribution in [1.82, 2.24) is 0 Å². The minimum absolute atomic E-state index is 0.281. The Morgan fingerprint density at radius 3 is 2.65 bits per heavy atom. The molecule has 20 heavy (non-hydrogen) atoms. The van der Waals surface area contributed by atoms with Crippen molar-refractivity contribution in [3.8, 4) is 0 Å². The van der Waals surface area contributed by atoms with Crippen LogP contribution in [0.2, 0.25) is 10.0 Å². The van der Waals surface area contributed by atoms with Gasteiger partial charge in [-0.05, 0) is 42.0 Å². The summed E-state index contributed by atoms with van der Waals surface area (Å²) in [6.07, 6.45) is 1.62. The molecule has 0 aliphatic carbocycles. The van der Waals surface area contributed by atoms with Crippen LogP contribution < -0.4 is 5.32 Å². The van der Waals surface area contributed by atoms with Crippen LogP contribution in [-0.2, 0) is 4.79 Å². The molecular weight excluding hydrogens is 300 g/mol. The topological polar surface area (TPSA) is 29.1 Å². The molecule has 0 unspecified atom stereocenters. The van der Waals surface area contributed by atoms with E-state index < -0.39 is 5.82 Å². The van der Waals surface area contributed by atoms with Gasteiger partial charge in [0.1, 0.15) is 5.82 Å². The Labute approximate surface area is 124 Å². The molecule has 1 amide bonds. The highest BCUT2D eigenvalue weighted by Crippen LogP contribution is 2.34. The van der Waals surface area contributed by atoms with Crippen molar-refractivity contribution in [2.75, 3.05) is 5.32 Å². The SMILES string of the molecule is O=C1Nc2ccc(F)cc2C1=Cc1ccc(Cl)cc1Cl. The number of benzene rings is 2. The lowest BCUT2D eigenvalue weighted by Gasteiger charge is -2.02. The third-order valence-corrected chi connectivity index (χ3v) is 3.59. The fourth-order valence-electron chi connectivity index (χ4n) is 2.08. The van der Waals surface area contributed by atoms with E-state index in [2.05, 4.69) is 5.32 Å². The molecule has 100 valence electrons. The zero-order chi connectivity index (χ0) is 14.3. The van der Waals surface area contributed by atoms with Crippen molar-refractivity contribution in [2.45, 2.75) is 0 Å². The second-order valence-electron chi connectivity index (χ2n) is 4.37. The predicted octanol–water partition coefficient (Wildman–Crippen LogP) is 4.63. The second kappa shape index (κ2) is 4.93. The maximum Gasteiger partial charge on any atom is 0.256 e. The van der Waals surface area contributed by atoms with Gasteiger partial charge in [-0.15, -0.1) is 0 Å². The Kier molecular flexibility index (Phi) is 3.24. The van der Waals surface area contributed by atoms with Gasteiger partial charge in [0.05, 0.1) is 0 Å². The smallest absolute Gasteiger partial charge is 0.256 e. The minimum atomic E-state index is -0.395. The van der Waals surface area contributed by atoms with E-state index in [9.17, 15) is 9.18 Å². The number of nitrogens with one attached hydrogen (secondary N) is 1. The van der Waals surface area contributed by atoms with Crippen molar-refractivity contribution < 1.29 is 9.18 Å². The monoisotopic (exact) mass is 307 g/mol. The number of amides is 1. The molecule has 3 rings (SSSR count). The second-order valence-corrected chi connectivity index (χ2v) is 5.21. The molecule has 0 aromatic heterocycles. The van der Waals surface area contributed by atoms with Gasteiger partial charge in [0.25, 0.3) is 5.91 Å². The molecular formula is C15H8Cl2FNO. The molecule has 0 radical (unpaired) electrons. The molecule has 0 spiro atoms. The van der Waals surface area contributed by atoms with E-state index >= 15 is 0 Å². The number of fused-ring (bicyclic) bond motifs is 1.